The quantitative estimate of drug-likeness (QED) is 0.0748. The van der Waals surface area contributed by atoms with Crippen LogP contribution in [0.25, 0.3) is 44.6 Å². The monoisotopic (exact) mass is 962 g/mol. The molecule has 8 heterocycles. The average Bonchev–Trinajstić information content (AvgIpc) is 3.90. The number of nitrogens with zero attached hydrogens (tertiary/aromatic N) is 4. The van der Waals surface area contributed by atoms with Crippen molar-refractivity contribution in [1.29, 1.82) is 0 Å². The van der Waals surface area contributed by atoms with Gasteiger partial charge in [-0.25, -0.2) is 19.6 Å². The standard InChI is InChI=1S/C28H30N2O5Si.C26H28N2O4Si/c1-6-28(35-17(3)31)22-14-24-25-20(15-30(24)26(32)21(22)16-34-27(28)33)18(12-13-36(4,5)7-2)19-10-8-9-11-23(19)29-25;1-5-26(31)20-13-22-23-18(14-28(22)24(29)19(20)15-32-25(26)30)16(11-12-33(3,4)6-2)17-9-7-8-10-21(17)27-23/h7-11,14H,2,6,12-13,15-16H2,1,3-5H3;6-10,13,31H,2,5,11-12,14-15H2,1,3-4H3/t28-;26-/m00/s1. The second-order valence-electron chi connectivity index (χ2n) is 20.0. The first-order valence-corrected chi connectivity index (χ1v) is 30.3. The third-order valence-corrected chi connectivity index (χ3v) is 20.1. The molecule has 0 spiro atoms. The number of hydrogen-bond acceptors (Lipinski definition) is 11. The predicted molar refractivity (Wildman–Crippen MR) is 271 cm³/mol. The summed E-state index contributed by atoms with van der Waals surface area (Å²) >= 11 is 0. The molecule has 0 fully saturated rings. The molecule has 0 radical (unpaired) electrons. The van der Waals surface area contributed by atoms with Gasteiger partial charge < -0.3 is 28.5 Å². The number of aromatic nitrogens is 4. The molecule has 6 aromatic rings. The number of para-hydroxylation sites is 2. The minimum Gasteiger partial charge on any atom is -0.458 e. The van der Waals surface area contributed by atoms with Gasteiger partial charge in [0.15, 0.2) is 5.60 Å². The van der Waals surface area contributed by atoms with Crippen molar-refractivity contribution >= 4 is 55.9 Å². The van der Waals surface area contributed by atoms with Crippen LogP contribution in [0.15, 0.2) is 94.8 Å². The number of hydrogen-bond donors (Lipinski definition) is 1. The number of fused-ring (bicyclic) bond motifs is 10. The van der Waals surface area contributed by atoms with E-state index >= 15 is 0 Å². The third kappa shape index (κ3) is 7.84. The topological polar surface area (TPSA) is 169 Å². The zero-order chi connectivity index (χ0) is 49.4. The van der Waals surface area contributed by atoms with E-state index in [2.05, 4.69) is 62.9 Å². The highest BCUT2D eigenvalue weighted by molar-refractivity contribution is 6.82. The van der Waals surface area contributed by atoms with Crippen LogP contribution < -0.4 is 11.1 Å². The summed E-state index contributed by atoms with van der Waals surface area (Å²) in [6, 6.07) is 21.8. The molecule has 356 valence electrons. The Kier molecular flexibility index (Phi) is 12.0. The highest BCUT2D eigenvalue weighted by atomic mass is 28.3. The number of rotatable bonds is 11. The van der Waals surface area contributed by atoms with Crippen molar-refractivity contribution in [3.05, 3.63) is 150 Å². The molecule has 0 unspecified atom stereocenters. The Balaban J connectivity index is 0.000000172. The number of cyclic esters (lactones) is 2. The smallest absolute Gasteiger partial charge is 0.355 e. The lowest BCUT2D eigenvalue weighted by atomic mass is 9.85. The Hall–Kier alpha value is -6.56. The summed E-state index contributed by atoms with van der Waals surface area (Å²) in [4.78, 5) is 74.4. The number of aryl methyl sites for hydroxylation is 2. The van der Waals surface area contributed by atoms with Crippen LogP contribution in [0.3, 0.4) is 0 Å². The number of ether oxygens (including phenoxy) is 3. The maximum atomic E-state index is 13.7. The lowest BCUT2D eigenvalue weighted by Crippen LogP contribution is -2.47. The summed E-state index contributed by atoms with van der Waals surface area (Å²) in [6.07, 6.45) is 2.05. The van der Waals surface area contributed by atoms with Crippen LogP contribution in [0.4, 0.5) is 0 Å². The molecule has 0 saturated carbocycles. The van der Waals surface area contributed by atoms with Gasteiger partial charge in [0, 0.05) is 39.9 Å². The molecule has 2 aromatic carbocycles. The summed E-state index contributed by atoms with van der Waals surface area (Å²) in [7, 11) is -3.10. The average molecular weight is 963 g/mol. The van der Waals surface area contributed by atoms with Crippen LogP contribution in [-0.4, -0.2) is 58.3 Å². The zero-order valence-electron chi connectivity index (χ0n) is 40.4. The molecule has 69 heavy (non-hydrogen) atoms. The van der Waals surface area contributed by atoms with Gasteiger partial charge in [0.1, 0.15) is 13.2 Å². The molecule has 2 atom stereocenters. The second kappa shape index (κ2) is 17.4. The molecule has 10 rings (SSSR count). The number of pyridine rings is 4. The molecule has 0 amide bonds. The van der Waals surface area contributed by atoms with E-state index in [4.69, 9.17) is 24.2 Å². The summed E-state index contributed by atoms with van der Waals surface area (Å²) in [5, 5.41) is 13.3. The van der Waals surface area contributed by atoms with Crippen LogP contribution in [-0.2, 0) is 78.9 Å². The van der Waals surface area contributed by atoms with Crippen molar-refractivity contribution in [1.82, 2.24) is 19.1 Å². The van der Waals surface area contributed by atoms with Crippen molar-refractivity contribution < 1.29 is 33.7 Å². The van der Waals surface area contributed by atoms with Crippen LogP contribution in [0, 0.1) is 0 Å². The van der Waals surface area contributed by atoms with Gasteiger partial charge in [0.25, 0.3) is 11.1 Å². The SMILES string of the molecule is C=C[Si](C)(C)CCc1c2c(nc3ccccc13)-c1cc3c(c(=O)n1C2)COC(=O)[C@@]3(CC)OC(C)=O.C=C[Si](C)(C)CCc1c2c(nc3ccccc13)-c1cc3c(c(=O)n1C2)COC(=O)[C@]3(O)CC. The second-order valence-corrected chi connectivity index (χ2v) is 29.8. The predicted octanol–water partition coefficient (Wildman–Crippen LogP) is 8.68. The van der Waals surface area contributed by atoms with Gasteiger partial charge >= 0.3 is 17.9 Å². The Morgan fingerprint density at radius 1 is 0.710 bits per heavy atom. The highest BCUT2D eigenvalue weighted by Crippen LogP contribution is 2.44. The van der Waals surface area contributed by atoms with Crippen molar-refractivity contribution in [2.24, 2.45) is 0 Å². The maximum Gasteiger partial charge on any atom is 0.355 e. The van der Waals surface area contributed by atoms with E-state index in [1.165, 1.54) is 18.1 Å². The first-order valence-electron chi connectivity index (χ1n) is 23.7. The lowest BCUT2D eigenvalue weighted by molar-refractivity contribution is -0.188. The maximum absolute atomic E-state index is 13.7. The molecule has 4 aliphatic rings. The van der Waals surface area contributed by atoms with E-state index < -0.39 is 45.3 Å². The Morgan fingerprint density at radius 3 is 1.61 bits per heavy atom. The van der Waals surface area contributed by atoms with Crippen LogP contribution in [0.5, 0.6) is 0 Å². The highest BCUT2D eigenvalue weighted by Gasteiger charge is 2.50. The number of carbonyl (C=O) groups is 3. The van der Waals surface area contributed by atoms with E-state index in [9.17, 15) is 29.1 Å². The summed E-state index contributed by atoms with van der Waals surface area (Å²) in [6.45, 7) is 22.6. The Labute approximate surface area is 402 Å². The minimum atomic E-state index is -1.82. The summed E-state index contributed by atoms with van der Waals surface area (Å²) < 4.78 is 19.5. The molecule has 13 nitrogen and oxygen atoms in total. The van der Waals surface area contributed by atoms with E-state index in [1.807, 2.05) is 42.5 Å². The molecular weight excluding hydrogens is 905 g/mol. The molecule has 15 heteroatoms. The van der Waals surface area contributed by atoms with Gasteiger partial charge in [-0.2, -0.15) is 0 Å². The van der Waals surface area contributed by atoms with Gasteiger partial charge in [0.05, 0.1) is 74.2 Å². The molecule has 1 N–H and O–H groups in total. The lowest BCUT2D eigenvalue weighted by Gasteiger charge is -2.35. The van der Waals surface area contributed by atoms with E-state index in [0.29, 0.717) is 46.7 Å². The first kappa shape index (κ1) is 47.5. The Bertz CT molecular complexity index is 3340. The molecule has 4 aliphatic heterocycles. The van der Waals surface area contributed by atoms with Crippen LogP contribution in [0.1, 0.15) is 78.1 Å². The van der Waals surface area contributed by atoms with Crippen molar-refractivity contribution in [2.75, 3.05) is 0 Å². The molecule has 4 aromatic heterocycles. The molecule has 0 saturated heterocycles. The van der Waals surface area contributed by atoms with Gasteiger partial charge in [-0.1, -0.05) is 88.5 Å². The molecular formula is C54H58N4O9Si2. The molecule has 0 aliphatic carbocycles. The number of carbonyl (C=O) groups excluding carboxylic acids is 3. The number of aliphatic hydroxyl groups is 1. The number of benzene rings is 2. The van der Waals surface area contributed by atoms with Crippen LogP contribution >= 0.6 is 0 Å². The fourth-order valence-electron chi connectivity index (χ4n) is 10.3. The first-order chi connectivity index (χ1) is 32.8. The van der Waals surface area contributed by atoms with Gasteiger partial charge in [0.2, 0.25) is 5.60 Å². The largest absolute Gasteiger partial charge is 0.458 e. The van der Waals surface area contributed by atoms with E-state index in [1.54, 1.807) is 29.0 Å². The summed E-state index contributed by atoms with van der Waals surface area (Å²) in [5.74, 6) is -1.97. The third-order valence-electron chi connectivity index (χ3n) is 14.9. The van der Waals surface area contributed by atoms with Crippen LogP contribution in [0.2, 0.25) is 38.3 Å². The van der Waals surface area contributed by atoms with Gasteiger partial charge in [-0.15, -0.1) is 24.6 Å². The Morgan fingerprint density at radius 2 is 1.16 bits per heavy atom. The fraction of sp³-hybridized carbons (Fsp3) is 0.352. The van der Waals surface area contributed by atoms with Crippen molar-refractivity contribution in [3.63, 3.8) is 0 Å². The normalized spacial score (nSPS) is 18.7. The van der Waals surface area contributed by atoms with Gasteiger partial charge in [-0.3, -0.25) is 14.4 Å². The van der Waals surface area contributed by atoms with Crippen molar-refractivity contribution in [3.8, 4) is 22.8 Å². The molecule has 0 bridgehead atoms. The zero-order valence-corrected chi connectivity index (χ0v) is 42.4. The number of esters is 3. The minimum absolute atomic E-state index is 0.118. The summed E-state index contributed by atoms with van der Waals surface area (Å²) in [5.41, 5.74) is 10.8. The van der Waals surface area contributed by atoms with Gasteiger partial charge in [-0.05, 0) is 61.1 Å². The van der Waals surface area contributed by atoms with Crippen molar-refractivity contribution in [2.45, 2.75) is 122 Å². The van der Waals surface area contributed by atoms with E-state index in [0.717, 1.165) is 69.3 Å². The van der Waals surface area contributed by atoms with E-state index in [-0.39, 0.29) is 37.2 Å². The fourth-order valence-corrected chi connectivity index (χ4v) is 12.5.